The molecule has 1 aromatic heterocycles. The molecule has 0 radical (unpaired) electrons. The highest BCUT2D eigenvalue weighted by molar-refractivity contribution is 7.07. The lowest BCUT2D eigenvalue weighted by molar-refractivity contribution is -0.145. The molecule has 4 nitrogen and oxygen atoms in total. The van der Waals surface area contributed by atoms with E-state index in [2.05, 4.69) is 5.32 Å². The Labute approximate surface area is 144 Å². The van der Waals surface area contributed by atoms with Crippen LogP contribution in [0.1, 0.15) is 23.7 Å². The predicted molar refractivity (Wildman–Crippen MR) is 92.5 cm³/mol. The smallest absolute Gasteiger partial charge is 0.262 e. The molecular weight excluding hydrogens is 327 g/mol. The van der Waals surface area contributed by atoms with Gasteiger partial charge in [0.25, 0.3) is 5.91 Å². The zero-order valence-corrected chi connectivity index (χ0v) is 14.1. The maximum Gasteiger partial charge on any atom is 0.262 e. The van der Waals surface area contributed by atoms with Crippen molar-refractivity contribution in [3.05, 3.63) is 58.3 Å². The third kappa shape index (κ3) is 3.83. The van der Waals surface area contributed by atoms with E-state index >= 15 is 0 Å². The average Bonchev–Trinajstić information content (AvgIpc) is 3.27. The number of hydrogen-bond acceptors (Lipinski definition) is 4. The first-order valence-corrected chi connectivity index (χ1v) is 8.96. The minimum absolute atomic E-state index is 0.0334. The molecule has 2 aromatic rings. The molecule has 1 saturated heterocycles. The van der Waals surface area contributed by atoms with Crippen molar-refractivity contribution in [1.82, 2.24) is 10.2 Å². The van der Waals surface area contributed by atoms with Crippen molar-refractivity contribution in [1.29, 1.82) is 0 Å². The predicted octanol–water partition coefficient (Wildman–Crippen LogP) is 2.51. The van der Waals surface area contributed by atoms with Gasteiger partial charge in [0.2, 0.25) is 5.67 Å². The van der Waals surface area contributed by atoms with E-state index in [0.29, 0.717) is 6.54 Å². The second-order valence-electron chi connectivity index (χ2n) is 6.14. The van der Waals surface area contributed by atoms with Crippen LogP contribution < -0.4 is 5.32 Å². The molecule has 24 heavy (non-hydrogen) atoms. The number of thiophene rings is 1. The van der Waals surface area contributed by atoms with E-state index in [4.69, 9.17) is 0 Å². The molecule has 2 unspecified atom stereocenters. The number of halogens is 1. The normalized spacial score (nSPS) is 21.6. The van der Waals surface area contributed by atoms with Gasteiger partial charge in [-0.25, -0.2) is 4.39 Å². The topological polar surface area (TPSA) is 52.6 Å². The van der Waals surface area contributed by atoms with Gasteiger partial charge >= 0.3 is 0 Å². The Morgan fingerprint density at radius 2 is 2.17 bits per heavy atom. The fraction of sp³-hybridized carbons (Fsp3) is 0.389. The largest absolute Gasteiger partial charge is 0.387 e. The summed E-state index contributed by atoms with van der Waals surface area (Å²) in [5, 5.41) is 17.0. The molecule has 2 N–H and O–H groups in total. The summed E-state index contributed by atoms with van der Waals surface area (Å²) in [6.07, 6.45) is -0.645. The molecule has 3 rings (SSSR count). The number of carbonyl (C=O) groups excluding carboxylic acids is 1. The molecule has 2 atom stereocenters. The summed E-state index contributed by atoms with van der Waals surface area (Å²) in [7, 11) is 0. The summed E-state index contributed by atoms with van der Waals surface area (Å²) in [4.78, 5) is 14.2. The Bertz CT molecular complexity index is 657. The molecule has 2 heterocycles. The second kappa shape index (κ2) is 7.42. The van der Waals surface area contributed by atoms with E-state index in [1.54, 1.807) is 0 Å². The van der Waals surface area contributed by atoms with Gasteiger partial charge in [0.15, 0.2) is 0 Å². The summed E-state index contributed by atoms with van der Waals surface area (Å²) in [6.45, 7) is 0.892. The fourth-order valence-corrected chi connectivity index (χ4v) is 3.64. The highest BCUT2D eigenvalue weighted by atomic mass is 32.1. The summed E-state index contributed by atoms with van der Waals surface area (Å²) >= 11 is 1.48. The number of amides is 1. The zero-order valence-electron chi connectivity index (χ0n) is 13.3. The van der Waals surface area contributed by atoms with Crippen LogP contribution in [0.4, 0.5) is 4.39 Å². The molecule has 0 aliphatic carbocycles. The van der Waals surface area contributed by atoms with Crippen LogP contribution in [-0.4, -0.2) is 41.2 Å². The Kier molecular flexibility index (Phi) is 5.28. The van der Waals surface area contributed by atoms with E-state index in [9.17, 15) is 14.3 Å². The molecule has 0 saturated carbocycles. The van der Waals surface area contributed by atoms with Gasteiger partial charge in [-0.2, -0.15) is 11.3 Å². The standard InChI is InChI=1S/C18H21FN2O2S/c19-18(7-8-20-13-18)17(23)21(10-14-4-2-1-3-5-14)11-16(22)15-6-9-24-12-15/h1-6,9,12,16,20,22H,7-8,10-11,13H2. The van der Waals surface area contributed by atoms with E-state index in [1.165, 1.54) is 16.2 Å². The van der Waals surface area contributed by atoms with E-state index < -0.39 is 17.7 Å². The highest BCUT2D eigenvalue weighted by Gasteiger charge is 2.44. The Morgan fingerprint density at radius 3 is 2.79 bits per heavy atom. The minimum atomic E-state index is -1.89. The summed E-state index contributed by atoms with van der Waals surface area (Å²) < 4.78 is 14.9. The second-order valence-corrected chi connectivity index (χ2v) is 6.92. The number of hydrogen-bond donors (Lipinski definition) is 2. The summed E-state index contributed by atoms with van der Waals surface area (Å²) in [5.74, 6) is -0.550. The zero-order chi connectivity index (χ0) is 17.0. The van der Waals surface area contributed by atoms with Gasteiger partial charge in [0.1, 0.15) is 0 Å². The van der Waals surface area contributed by atoms with Crippen LogP contribution in [0.5, 0.6) is 0 Å². The maximum absolute atomic E-state index is 14.9. The van der Waals surface area contributed by atoms with Crippen molar-refractivity contribution in [3.63, 3.8) is 0 Å². The van der Waals surface area contributed by atoms with Crippen LogP contribution in [-0.2, 0) is 11.3 Å². The molecule has 1 aromatic carbocycles. The first-order chi connectivity index (χ1) is 11.6. The van der Waals surface area contributed by atoms with Crippen LogP contribution in [0, 0.1) is 0 Å². The Balaban J connectivity index is 1.78. The van der Waals surface area contributed by atoms with Gasteiger partial charge in [-0.05, 0) is 34.5 Å². The van der Waals surface area contributed by atoms with Gasteiger partial charge in [-0.15, -0.1) is 0 Å². The number of aliphatic hydroxyl groups is 1. The van der Waals surface area contributed by atoms with Crippen LogP contribution in [0.3, 0.4) is 0 Å². The number of alkyl halides is 1. The number of aliphatic hydroxyl groups excluding tert-OH is 1. The maximum atomic E-state index is 14.9. The van der Waals surface area contributed by atoms with Gasteiger partial charge in [-0.1, -0.05) is 30.3 Å². The molecule has 6 heteroatoms. The SMILES string of the molecule is O=C(N(Cc1ccccc1)CC(O)c1ccsc1)C1(F)CCNC1. The van der Waals surface area contributed by atoms with Gasteiger partial charge in [0.05, 0.1) is 12.6 Å². The van der Waals surface area contributed by atoms with Crippen LogP contribution in [0.2, 0.25) is 0 Å². The van der Waals surface area contributed by atoms with Crippen molar-refractivity contribution in [2.24, 2.45) is 0 Å². The third-order valence-electron chi connectivity index (χ3n) is 4.31. The molecule has 1 aliphatic heterocycles. The van der Waals surface area contributed by atoms with Crippen LogP contribution >= 0.6 is 11.3 Å². The Hall–Kier alpha value is -1.76. The molecule has 0 spiro atoms. The average molecular weight is 348 g/mol. The molecule has 0 bridgehead atoms. The first-order valence-electron chi connectivity index (χ1n) is 8.01. The first kappa shape index (κ1) is 17.1. The van der Waals surface area contributed by atoms with Gasteiger partial charge in [-0.3, -0.25) is 4.79 Å². The lowest BCUT2D eigenvalue weighted by Gasteiger charge is -2.30. The van der Waals surface area contributed by atoms with Crippen LogP contribution in [0.25, 0.3) is 0 Å². The molecule has 1 aliphatic rings. The van der Waals surface area contributed by atoms with Crippen molar-refractivity contribution in [3.8, 4) is 0 Å². The lowest BCUT2D eigenvalue weighted by atomic mass is 10.0. The van der Waals surface area contributed by atoms with E-state index in [-0.39, 0.29) is 26.1 Å². The summed E-state index contributed by atoms with van der Waals surface area (Å²) in [5.41, 5.74) is -0.218. The summed E-state index contributed by atoms with van der Waals surface area (Å²) in [6, 6.07) is 11.3. The van der Waals surface area contributed by atoms with E-state index in [1.807, 2.05) is 47.2 Å². The number of nitrogens with zero attached hydrogens (tertiary/aromatic N) is 1. The quantitative estimate of drug-likeness (QED) is 0.843. The molecule has 128 valence electrons. The number of benzene rings is 1. The highest BCUT2D eigenvalue weighted by Crippen LogP contribution is 2.26. The molecule has 1 fully saturated rings. The lowest BCUT2D eigenvalue weighted by Crippen LogP contribution is -2.48. The number of nitrogens with one attached hydrogen (secondary N) is 1. The minimum Gasteiger partial charge on any atom is -0.387 e. The fourth-order valence-electron chi connectivity index (χ4n) is 2.93. The van der Waals surface area contributed by atoms with Crippen molar-refractivity contribution < 1.29 is 14.3 Å². The van der Waals surface area contributed by atoms with E-state index in [0.717, 1.165) is 11.1 Å². The Morgan fingerprint density at radius 1 is 1.38 bits per heavy atom. The van der Waals surface area contributed by atoms with Crippen molar-refractivity contribution >= 4 is 17.2 Å². The molecular formula is C18H21FN2O2S. The third-order valence-corrected chi connectivity index (χ3v) is 5.01. The monoisotopic (exact) mass is 348 g/mol. The van der Waals surface area contributed by atoms with Crippen LogP contribution in [0.15, 0.2) is 47.2 Å². The number of carbonyl (C=O) groups is 1. The van der Waals surface area contributed by atoms with Gasteiger partial charge in [0, 0.05) is 19.5 Å². The van der Waals surface area contributed by atoms with Crippen molar-refractivity contribution in [2.75, 3.05) is 19.6 Å². The number of rotatable bonds is 6. The van der Waals surface area contributed by atoms with Crippen molar-refractivity contribution in [2.45, 2.75) is 24.7 Å². The molecule has 1 amide bonds. The van der Waals surface area contributed by atoms with Gasteiger partial charge < -0.3 is 15.3 Å².